The van der Waals surface area contributed by atoms with E-state index in [0.717, 1.165) is 0 Å². The van der Waals surface area contributed by atoms with E-state index < -0.39 is 0 Å². The highest BCUT2D eigenvalue weighted by Crippen LogP contribution is 2.39. The van der Waals surface area contributed by atoms with Gasteiger partial charge in [-0.15, -0.1) is 0 Å². The van der Waals surface area contributed by atoms with Gasteiger partial charge in [-0.1, -0.05) is 11.6 Å². The van der Waals surface area contributed by atoms with E-state index in [9.17, 15) is 4.79 Å². The van der Waals surface area contributed by atoms with Crippen molar-refractivity contribution in [2.24, 2.45) is 0 Å². The molecule has 2 rings (SSSR count). The predicted octanol–water partition coefficient (Wildman–Crippen LogP) is 2.60. The molecule has 1 aliphatic heterocycles. The largest absolute Gasteiger partial charge is 0.454 e. The minimum atomic E-state index is -0.292. The van der Waals surface area contributed by atoms with Gasteiger partial charge in [0.15, 0.2) is 11.5 Å². The number of halogens is 1. The number of carbonyl (C=O) groups is 1. The SMILES string of the molecule is CC(C)(C)NC(=O)c1cc(Cl)c2c(c1)OCO2. The van der Waals surface area contributed by atoms with E-state index in [1.54, 1.807) is 12.1 Å². The zero-order valence-electron chi connectivity index (χ0n) is 9.96. The van der Waals surface area contributed by atoms with Crippen molar-refractivity contribution in [2.45, 2.75) is 26.3 Å². The highest BCUT2D eigenvalue weighted by atomic mass is 35.5. The molecule has 0 unspecified atom stereocenters. The van der Waals surface area contributed by atoms with Crippen LogP contribution in [0.25, 0.3) is 0 Å². The van der Waals surface area contributed by atoms with E-state index in [1.165, 1.54) is 0 Å². The highest BCUT2D eigenvalue weighted by Gasteiger charge is 2.22. The fourth-order valence-electron chi connectivity index (χ4n) is 1.51. The van der Waals surface area contributed by atoms with Crippen LogP contribution < -0.4 is 14.8 Å². The van der Waals surface area contributed by atoms with Crippen LogP contribution in [-0.2, 0) is 0 Å². The second kappa shape index (κ2) is 4.11. The van der Waals surface area contributed by atoms with E-state index in [-0.39, 0.29) is 18.2 Å². The Kier molecular flexibility index (Phi) is 2.91. The van der Waals surface area contributed by atoms with Gasteiger partial charge in [0.05, 0.1) is 5.02 Å². The molecule has 0 aromatic heterocycles. The summed E-state index contributed by atoms with van der Waals surface area (Å²) in [5, 5.41) is 3.25. The van der Waals surface area contributed by atoms with Gasteiger partial charge in [0.2, 0.25) is 6.79 Å². The van der Waals surface area contributed by atoms with Gasteiger partial charge in [0, 0.05) is 11.1 Å². The maximum atomic E-state index is 11.9. The van der Waals surface area contributed by atoms with Crippen LogP contribution in [0.4, 0.5) is 0 Å². The molecule has 0 spiro atoms. The molecule has 0 saturated carbocycles. The second-order valence-corrected chi connectivity index (χ2v) is 5.30. The van der Waals surface area contributed by atoms with Gasteiger partial charge < -0.3 is 14.8 Å². The minimum absolute atomic E-state index is 0.138. The second-order valence-electron chi connectivity index (χ2n) is 4.90. The van der Waals surface area contributed by atoms with Crippen molar-refractivity contribution in [2.75, 3.05) is 6.79 Å². The lowest BCUT2D eigenvalue weighted by Crippen LogP contribution is -2.40. The Balaban J connectivity index is 2.28. The number of ether oxygens (including phenoxy) is 2. The Labute approximate surface area is 105 Å². The van der Waals surface area contributed by atoms with Crippen molar-refractivity contribution in [1.29, 1.82) is 0 Å². The van der Waals surface area contributed by atoms with Crippen LogP contribution in [0.3, 0.4) is 0 Å². The van der Waals surface area contributed by atoms with Crippen molar-refractivity contribution < 1.29 is 14.3 Å². The molecule has 1 aromatic rings. The van der Waals surface area contributed by atoms with Gasteiger partial charge in [0.25, 0.3) is 5.91 Å². The van der Waals surface area contributed by atoms with Crippen LogP contribution in [-0.4, -0.2) is 18.2 Å². The summed E-state index contributed by atoms with van der Waals surface area (Å²) in [6, 6.07) is 3.21. The zero-order chi connectivity index (χ0) is 12.6. The van der Waals surface area contributed by atoms with Crippen molar-refractivity contribution in [1.82, 2.24) is 5.32 Å². The molecule has 17 heavy (non-hydrogen) atoms. The van der Waals surface area contributed by atoms with Crippen molar-refractivity contribution in [3.05, 3.63) is 22.7 Å². The monoisotopic (exact) mass is 255 g/mol. The number of amides is 1. The summed E-state index contributed by atoms with van der Waals surface area (Å²) < 4.78 is 10.4. The topological polar surface area (TPSA) is 47.6 Å². The van der Waals surface area contributed by atoms with E-state index in [1.807, 2.05) is 20.8 Å². The molecule has 4 nitrogen and oxygen atoms in total. The first-order valence-corrected chi connectivity index (χ1v) is 5.66. The van der Waals surface area contributed by atoms with Crippen molar-refractivity contribution in [3.63, 3.8) is 0 Å². The lowest BCUT2D eigenvalue weighted by atomic mass is 10.1. The van der Waals surface area contributed by atoms with Crippen LogP contribution >= 0.6 is 11.6 Å². The van der Waals surface area contributed by atoms with Gasteiger partial charge in [-0.2, -0.15) is 0 Å². The molecular weight excluding hydrogens is 242 g/mol. The molecule has 0 aliphatic carbocycles. The molecule has 1 amide bonds. The first-order chi connectivity index (χ1) is 7.87. The fourth-order valence-corrected chi connectivity index (χ4v) is 1.78. The lowest BCUT2D eigenvalue weighted by Gasteiger charge is -2.20. The number of nitrogens with one attached hydrogen (secondary N) is 1. The smallest absolute Gasteiger partial charge is 0.251 e. The van der Waals surface area contributed by atoms with Crippen LogP contribution in [0.15, 0.2) is 12.1 Å². The summed E-state index contributed by atoms with van der Waals surface area (Å²) in [6.45, 7) is 5.89. The van der Waals surface area contributed by atoms with Crippen LogP contribution in [0.1, 0.15) is 31.1 Å². The Hall–Kier alpha value is -1.42. The maximum absolute atomic E-state index is 11.9. The average Bonchev–Trinajstić information content (AvgIpc) is 2.63. The maximum Gasteiger partial charge on any atom is 0.251 e. The number of hydrogen-bond donors (Lipinski definition) is 1. The molecule has 1 N–H and O–H groups in total. The molecule has 1 aromatic carbocycles. The minimum Gasteiger partial charge on any atom is -0.454 e. The normalized spacial score (nSPS) is 13.6. The first-order valence-electron chi connectivity index (χ1n) is 5.28. The first kappa shape index (κ1) is 12.0. The Morgan fingerprint density at radius 2 is 2.06 bits per heavy atom. The van der Waals surface area contributed by atoms with Gasteiger partial charge in [-0.25, -0.2) is 0 Å². The molecule has 1 heterocycles. The zero-order valence-corrected chi connectivity index (χ0v) is 10.7. The standard InChI is InChI=1S/C12H14ClNO3/c1-12(2,3)14-11(15)7-4-8(13)10-9(5-7)16-6-17-10/h4-5H,6H2,1-3H3,(H,14,15). The third-order valence-corrected chi connectivity index (χ3v) is 2.46. The summed E-state index contributed by atoms with van der Waals surface area (Å²) in [7, 11) is 0. The van der Waals surface area contributed by atoms with Gasteiger partial charge >= 0.3 is 0 Å². The van der Waals surface area contributed by atoms with Gasteiger partial charge in [0.1, 0.15) is 0 Å². The van der Waals surface area contributed by atoms with E-state index in [4.69, 9.17) is 21.1 Å². The van der Waals surface area contributed by atoms with Crippen LogP contribution in [0.5, 0.6) is 11.5 Å². The summed E-state index contributed by atoms with van der Waals surface area (Å²) in [6.07, 6.45) is 0. The molecule has 92 valence electrons. The molecule has 0 saturated heterocycles. The number of carbonyl (C=O) groups excluding carboxylic acids is 1. The lowest BCUT2D eigenvalue weighted by molar-refractivity contribution is 0.0919. The molecule has 0 bridgehead atoms. The summed E-state index contributed by atoms with van der Waals surface area (Å²) in [5.74, 6) is 0.827. The quantitative estimate of drug-likeness (QED) is 0.839. The average molecular weight is 256 g/mol. The number of hydrogen-bond acceptors (Lipinski definition) is 3. The molecule has 0 radical (unpaired) electrons. The summed E-state index contributed by atoms with van der Waals surface area (Å²) >= 11 is 6.01. The van der Waals surface area contributed by atoms with Gasteiger partial charge in [-0.3, -0.25) is 4.79 Å². The van der Waals surface area contributed by atoms with Crippen LogP contribution in [0.2, 0.25) is 5.02 Å². The van der Waals surface area contributed by atoms with E-state index in [0.29, 0.717) is 22.1 Å². The fraction of sp³-hybridized carbons (Fsp3) is 0.417. The summed E-state index contributed by atoms with van der Waals surface area (Å²) in [4.78, 5) is 11.9. The predicted molar refractivity (Wildman–Crippen MR) is 64.8 cm³/mol. The Bertz CT molecular complexity index is 466. The molecule has 5 heteroatoms. The third kappa shape index (κ3) is 2.64. The molecule has 0 atom stereocenters. The Morgan fingerprint density at radius 1 is 1.35 bits per heavy atom. The van der Waals surface area contributed by atoms with Crippen molar-refractivity contribution >= 4 is 17.5 Å². The molecular formula is C12H14ClNO3. The van der Waals surface area contributed by atoms with Crippen LogP contribution in [0, 0.1) is 0 Å². The Morgan fingerprint density at radius 3 is 2.71 bits per heavy atom. The van der Waals surface area contributed by atoms with E-state index in [2.05, 4.69) is 5.32 Å². The van der Waals surface area contributed by atoms with Crippen molar-refractivity contribution in [3.8, 4) is 11.5 Å². The third-order valence-electron chi connectivity index (χ3n) is 2.18. The number of benzene rings is 1. The number of fused-ring (bicyclic) bond motifs is 1. The molecule has 1 aliphatic rings. The molecule has 0 fully saturated rings. The highest BCUT2D eigenvalue weighted by molar-refractivity contribution is 6.32. The van der Waals surface area contributed by atoms with Gasteiger partial charge in [-0.05, 0) is 32.9 Å². The summed E-state index contributed by atoms with van der Waals surface area (Å²) in [5.41, 5.74) is 0.175. The van der Waals surface area contributed by atoms with E-state index >= 15 is 0 Å². The number of rotatable bonds is 1.